The van der Waals surface area contributed by atoms with E-state index >= 15 is 0 Å². The Morgan fingerprint density at radius 1 is 1.07 bits per heavy atom. The number of H-pyrrole nitrogens is 1. The number of aromatic amines is 1. The molecule has 2 aromatic carbocycles. The molecule has 0 saturated heterocycles. The lowest BCUT2D eigenvalue weighted by molar-refractivity contribution is 0.100. The number of carbonyl (C=O) groups excluding carboxylic acids is 1. The molecule has 0 atom stereocenters. The Labute approximate surface area is 162 Å². The minimum Gasteiger partial charge on any atom is -0.366 e. The van der Waals surface area contributed by atoms with Crippen LogP contribution >= 0.6 is 0 Å². The van der Waals surface area contributed by atoms with Gasteiger partial charge in [0.05, 0.1) is 0 Å². The molecule has 4 aromatic rings. The van der Waals surface area contributed by atoms with Gasteiger partial charge in [0.25, 0.3) is 0 Å². The van der Waals surface area contributed by atoms with Crippen LogP contribution in [0.3, 0.4) is 0 Å². The zero-order chi connectivity index (χ0) is 19.7. The van der Waals surface area contributed by atoms with Crippen molar-refractivity contribution < 1.29 is 4.79 Å². The van der Waals surface area contributed by atoms with E-state index in [1.165, 1.54) is 5.56 Å². The molecular weight excluding hydrogens is 350 g/mol. The Bertz CT molecular complexity index is 1160. The number of rotatable bonds is 5. The zero-order valence-corrected chi connectivity index (χ0v) is 15.8. The first-order valence-electron chi connectivity index (χ1n) is 9.08. The fourth-order valence-corrected chi connectivity index (χ4v) is 3.42. The van der Waals surface area contributed by atoms with Gasteiger partial charge in [-0.1, -0.05) is 36.4 Å². The average molecular weight is 371 g/mol. The van der Waals surface area contributed by atoms with E-state index in [2.05, 4.69) is 27.4 Å². The third-order valence-electron chi connectivity index (χ3n) is 4.67. The largest absolute Gasteiger partial charge is 0.366 e. The van der Waals surface area contributed by atoms with Gasteiger partial charge in [-0.2, -0.15) is 0 Å². The van der Waals surface area contributed by atoms with Crippen molar-refractivity contribution in [2.24, 2.45) is 5.73 Å². The van der Waals surface area contributed by atoms with Crippen molar-refractivity contribution in [3.05, 3.63) is 77.1 Å². The van der Waals surface area contributed by atoms with E-state index in [0.717, 1.165) is 33.7 Å². The summed E-state index contributed by atoms with van der Waals surface area (Å²) in [5.41, 5.74) is 10.6. The molecule has 0 aliphatic rings. The van der Waals surface area contributed by atoms with Crippen LogP contribution in [0.25, 0.3) is 22.3 Å². The Morgan fingerprint density at radius 3 is 2.61 bits per heavy atom. The monoisotopic (exact) mass is 371 g/mol. The summed E-state index contributed by atoms with van der Waals surface area (Å²) in [4.78, 5) is 24.6. The molecule has 0 unspecified atom stereocenters. The summed E-state index contributed by atoms with van der Waals surface area (Å²) in [5.74, 6) is 0.825. The van der Waals surface area contributed by atoms with Gasteiger partial charge in [-0.05, 0) is 31.5 Å². The SMILES string of the molecule is Cc1cc(NCc2ccccc2)nc(-c2c(C)[nH]c3cccc(C(N)=O)c23)n1. The third kappa shape index (κ3) is 3.32. The maximum absolute atomic E-state index is 12.0. The van der Waals surface area contributed by atoms with Crippen LogP contribution in [0.15, 0.2) is 54.6 Å². The lowest BCUT2D eigenvalue weighted by atomic mass is 10.0. The van der Waals surface area contributed by atoms with Gasteiger partial charge in [-0.25, -0.2) is 9.97 Å². The number of carbonyl (C=O) groups is 1. The summed E-state index contributed by atoms with van der Waals surface area (Å²) in [7, 11) is 0. The number of nitrogens with one attached hydrogen (secondary N) is 2. The van der Waals surface area contributed by atoms with Crippen LogP contribution in [0.2, 0.25) is 0 Å². The molecule has 1 amide bonds. The lowest BCUT2D eigenvalue weighted by Gasteiger charge is -2.10. The van der Waals surface area contributed by atoms with Crippen LogP contribution in [0.4, 0.5) is 5.82 Å². The number of hydrogen-bond donors (Lipinski definition) is 3. The summed E-state index contributed by atoms with van der Waals surface area (Å²) >= 11 is 0. The fraction of sp³-hybridized carbons (Fsp3) is 0.136. The first-order chi connectivity index (χ1) is 13.5. The molecule has 0 spiro atoms. The number of nitrogens with two attached hydrogens (primary N) is 1. The van der Waals surface area contributed by atoms with Crippen LogP contribution in [0, 0.1) is 13.8 Å². The molecular formula is C22H21N5O. The Kier molecular flexibility index (Phi) is 4.53. The summed E-state index contributed by atoms with van der Waals surface area (Å²) in [6.07, 6.45) is 0. The molecule has 2 aromatic heterocycles. The molecule has 0 radical (unpaired) electrons. The van der Waals surface area contributed by atoms with E-state index in [1.807, 2.05) is 50.2 Å². The Balaban J connectivity index is 1.78. The van der Waals surface area contributed by atoms with Crippen molar-refractivity contribution in [3.63, 3.8) is 0 Å². The number of fused-ring (bicyclic) bond motifs is 1. The van der Waals surface area contributed by atoms with Crippen LogP contribution < -0.4 is 11.1 Å². The maximum atomic E-state index is 12.0. The van der Waals surface area contributed by atoms with Gasteiger partial charge in [0.1, 0.15) is 5.82 Å². The molecule has 2 heterocycles. The predicted octanol–water partition coefficient (Wildman–Crippen LogP) is 3.95. The van der Waals surface area contributed by atoms with Crippen LogP contribution in [-0.2, 0) is 6.54 Å². The van der Waals surface area contributed by atoms with E-state index in [1.54, 1.807) is 6.07 Å². The minimum absolute atomic E-state index is 0.459. The van der Waals surface area contributed by atoms with E-state index < -0.39 is 5.91 Å². The highest BCUT2D eigenvalue weighted by Crippen LogP contribution is 2.33. The molecule has 6 nitrogen and oxygen atoms in total. The molecule has 6 heteroatoms. The highest BCUT2D eigenvalue weighted by atomic mass is 16.1. The number of amides is 1. The molecule has 28 heavy (non-hydrogen) atoms. The predicted molar refractivity (Wildman–Crippen MR) is 111 cm³/mol. The quantitative estimate of drug-likeness (QED) is 0.495. The first-order valence-corrected chi connectivity index (χ1v) is 9.08. The van der Waals surface area contributed by atoms with Gasteiger partial charge in [0.2, 0.25) is 5.91 Å². The summed E-state index contributed by atoms with van der Waals surface area (Å²) in [6, 6.07) is 17.5. The summed E-state index contributed by atoms with van der Waals surface area (Å²) in [5, 5.41) is 4.11. The number of primary amides is 1. The first kappa shape index (κ1) is 17.7. The van der Waals surface area contributed by atoms with Gasteiger partial charge in [0, 0.05) is 46.0 Å². The number of nitrogens with zero attached hydrogens (tertiary/aromatic N) is 2. The lowest BCUT2D eigenvalue weighted by Crippen LogP contribution is -2.11. The van der Waals surface area contributed by atoms with E-state index in [9.17, 15) is 4.79 Å². The van der Waals surface area contributed by atoms with Gasteiger partial charge in [-0.15, -0.1) is 0 Å². The van der Waals surface area contributed by atoms with Gasteiger partial charge < -0.3 is 16.0 Å². The van der Waals surface area contributed by atoms with Crippen molar-refractivity contribution in [1.82, 2.24) is 15.0 Å². The van der Waals surface area contributed by atoms with E-state index in [0.29, 0.717) is 17.9 Å². The third-order valence-corrected chi connectivity index (χ3v) is 4.67. The van der Waals surface area contributed by atoms with Crippen molar-refractivity contribution in [2.45, 2.75) is 20.4 Å². The van der Waals surface area contributed by atoms with Crippen molar-refractivity contribution >= 4 is 22.6 Å². The average Bonchev–Trinajstić information content (AvgIpc) is 3.02. The molecule has 0 saturated carbocycles. The number of hydrogen-bond acceptors (Lipinski definition) is 4. The standard InChI is InChI=1S/C22H21N5O/c1-13-11-18(24-12-15-7-4-3-5-8-15)27-22(25-13)19-14(2)26-17-10-6-9-16(20(17)19)21(23)28/h3-11,26H,12H2,1-2H3,(H2,23,28)(H,24,25,27). The topological polar surface area (TPSA) is 96.7 Å². The van der Waals surface area contributed by atoms with E-state index in [4.69, 9.17) is 10.7 Å². The second-order valence-electron chi connectivity index (χ2n) is 6.77. The Morgan fingerprint density at radius 2 is 1.86 bits per heavy atom. The molecule has 0 fully saturated rings. The van der Waals surface area contributed by atoms with Crippen LogP contribution in [0.5, 0.6) is 0 Å². The van der Waals surface area contributed by atoms with Crippen LogP contribution in [0.1, 0.15) is 27.3 Å². The summed E-state index contributed by atoms with van der Waals surface area (Å²) < 4.78 is 0. The minimum atomic E-state index is -0.471. The zero-order valence-electron chi connectivity index (χ0n) is 15.8. The smallest absolute Gasteiger partial charge is 0.249 e. The molecule has 4 N–H and O–H groups in total. The van der Waals surface area contributed by atoms with Crippen molar-refractivity contribution in [1.29, 1.82) is 0 Å². The molecule has 0 bridgehead atoms. The van der Waals surface area contributed by atoms with Gasteiger partial charge in [-0.3, -0.25) is 4.79 Å². The Hall–Kier alpha value is -3.67. The molecule has 140 valence electrons. The number of aromatic nitrogens is 3. The highest BCUT2D eigenvalue weighted by molar-refractivity contribution is 6.11. The number of benzene rings is 2. The van der Waals surface area contributed by atoms with Gasteiger partial charge >= 0.3 is 0 Å². The highest BCUT2D eigenvalue weighted by Gasteiger charge is 2.19. The number of aryl methyl sites for hydroxylation is 2. The maximum Gasteiger partial charge on any atom is 0.249 e. The molecule has 0 aliphatic heterocycles. The van der Waals surface area contributed by atoms with E-state index in [-0.39, 0.29) is 0 Å². The van der Waals surface area contributed by atoms with Crippen molar-refractivity contribution in [2.75, 3.05) is 5.32 Å². The van der Waals surface area contributed by atoms with Crippen LogP contribution in [-0.4, -0.2) is 20.9 Å². The normalized spacial score (nSPS) is 10.9. The summed E-state index contributed by atoms with van der Waals surface area (Å²) in [6.45, 7) is 4.54. The molecule has 4 rings (SSSR count). The fourth-order valence-electron chi connectivity index (χ4n) is 3.42. The van der Waals surface area contributed by atoms with Gasteiger partial charge in [0.15, 0.2) is 5.82 Å². The number of anilines is 1. The van der Waals surface area contributed by atoms with Crippen molar-refractivity contribution in [3.8, 4) is 11.4 Å². The molecule has 0 aliphatic carbocycles. The second-order valence-corrected chi connectivity index (χ2v) is 6.77. The second kappa shape index (κ2) is 7.15.